The van der Waals surface area contributed by atoms with Crippen LogP contribution in [0.2, 0.25) is 0 Å². The van der Waals surface area contributed by atoms with Crippen molar-refractivity contribution in [2.75, 3.05) is 11.9 Å². The van der Waals surface area contributed by atoms with Crippen LogP contribution in [0.4, 0.5) is 5.13 Å². The summed E-state index contributed by atoms with van der Waals surface area (Å²) in [4.78, 5) is 32.5. The van der Waals surface area contributed by atoms with Crippen molar-refractivity contribution < 1.29 is 22.5 Å². The first-order chi connectivity index (χ1) is 15.6. The molecule has 0 atom stereocenters. The Hall–Kier alpha value is -3.05. The van der Waals surface area contributed by atoms with Crippen LogP contribution in [0.5, 0.6) is 0 Å². The van der Waals surface area contributed by atoms with E-state index >= 15 is 0 Å². The fourth-order valence-electron chi connectivity index (χ4n) is 3.45. The SMILES string of the molecule is Cc1cc(C(=O)Nc2nc3c(s2)CN(C(=O)Cc2ccc(S(=O)(=O)C(C)C)cc2)CC3)no1. The largest absolute Gasteiger partial charge is 0.361 e. The highest BCUT2D eigenvalue weighted by Gasteiger charge is 2.25. The third-order valence-electron chi connectivity index (χ3n) is 5.39. The Kier molecular flexibility index (Phi) is 6.35. The Labute approximate surface area is 195 Å². The lowest BCUT2D eigenvalue weighted by Crippen LogP contribution is -2.36. The predicted octanol–water partition coefficient (Wildman–Crippen LogP) is 3.00. The molecule has 1 aliphatic heterocycles. The smallest absolute Gasteiger partial charge is 0.279 e. The van der Waals surface area contributed by atoms with Crippen LogP contribution in [0.25, 0.3) is 0 Å². The zero-order valence-corrected chi connectivity index (χ0v) is 20.1. The van der Waals surface area contributed by atoms with E-state index in [1.54, 1.807) is 56.0 Å². The number of nitrogens with zero attached hydrogens (tertiary/aromatic N) is 3. The number of aryl methyl sites for hydroxylation is 1. The molecule has 0 spiro atoms. The number of fused-ring (bicyclic) bond motifs is 1. The van der Waals surface area contributed by atoms with Crippen LogP contribution in [0.1, 0.15) is 46.2 Å². The average molecular weight is 489 g/mol. The predicted molar refractivity (Wildman–Crippen MR) is 123 cm³/mol. The van der Waals surface area contributed by atoms with Gasteiger partial charge in [-0.25, -0.2) is 13.4 Å². The van der Waals surface area contributed by atoms with E-state index in [0.717, 1.165) is 16.1 Å². The van der Waals surface area contributed by atoms with E-state index in [4.69, 9.17) is 4.52 Å². The van der Waals surface area contributed by atoms with Crippen molar-refractivity contribution >= 4 is 38.1 Å². The molecule has 1 aliphatic rings. The minimum absolute atomic E-state index is 0.0443. The number of carbonyl (C=O) groups is 2. The number of carbonyl (C=O) groups excluding carboxylic acids is 2. The topological polar surface area (TPSA) is 122 Å². The van der Waals surface area contributed by atoms with Gasteiger partial charge >= 0.3 is 0 Å². The molecule has 0 saturated carbocycles. The first-order valence-electron chi connectivity index (χ1n) is 10.5. The number of nitrogens with one attached hydrogen (secondary N) is 1. The van der Waals surface area contributed by atoms with Crippen LogP contribution in [-0.2, 0) is 34.0 Å². The van der Waals surface area contributed by atoms with Gasteiger partial charge in [0.2, 0.25) is 5.91 Å². The summed E-state index contributed by atoms with van der Waals surface area (Å²) in [7, 11) is -3.34. The number of benzene rings is 1. The molecule has 0 saturated heterocycles. The summed E-state index contributed by atoms with van der Waals surface area (Å²) < 4.78 is 29.5. The number of amides is 2. The summed E-state index contributed by atoms with van der Waals surface area (Å²) in [6.45, 7) is 5.95. The van der Waals surface area contributed by atoms with Gasteiger partial charge in [-0.1, -0.05) is 28.6 Å². The average Bonchev–Trinajstić information content (AvgIpc) is 3.38. The highest BCUT2D eigenvalue weighted by Crippen LogP contribution is 2.29. The van der Waals surface area contributed by atoms with Crippen molar-refractivity contribution in [3.63, 3.8) is 0 Å². The van der Waals surface area contributed by atoms with E-state index < -0.39 is 21.0 Å². The van der Waals surface area contributed by atoms with Gasteiger partial charge in [0.15, 0.2) is 20.7 Å². The van der Waals surface area contributed by atoms with E-state index in [-0.39, 0.29) is 22.9 Å². The fourth-order valence-corrected chi connectivity index (χ4v) is 5.53. The Morgan fingerprint density at radius 2 is 1.97 bits per heavy atom. The van der Waals surface area contributed by atoms with Gasteiger partial charge < -0.3 is 9.42 Å². The maximum Gasteiger partial charge on any atom is 0.279 e. The molecule has 9 nitrogen and oxygen atoms in total. The summed E-state index contributed by atoms with van der Waals surface area (Å²) >= 11 is 1.34. The zero-order chi connectivity index (χ0) is 23.8. The maximum atomic E-state index is 12.8. The van der Waals surface area contributed by atoms with Gasteiger partial charge in [-0.05, 0) is 38.5 Å². The van der Waals surface area contributed by atoms with Gasteiger partial charge in [-0.15, -0.1) is 0 Å². The highest BCUT2D eigenvalue weighted by molar-refractivity contribution is 7.92. The van der Waals surface area contributed by atoms with Gasteiger partial charge in [0.1, 0.15) is 5.76 Å². The van der Waals surface area contributed by atoms with Crippen molar-refractivity contribution in [2.24, 2.45) is 0 Å². The number of anilines is 1. The lowest BCUT2D eigenvalue weighted by atomic mass is 10.1. The molecular formula is C22H24N4O5S2. The van der Waals surface area contributed by atoms with Crippen LogP contribution in [0, 0.1) is 6.92 Å². The van der Waals surface area contributed by atoms with Gasteiger partial charge in [-0.2, -0.15) is 0 Å². The lowest BCUT2D eigenvalue weighted by molar-refractivity contribution is -0.131. The second-order valence-electron chi connectivity index (χ2n) is 8.15. The molecule has 4 rings (SSSR count). The summed E-state index contributed by atoms with van der Waals surface area (Å²) in [5.41, 5.74) is 1.82. The molecular weight excluding hydrogens is 464 g/mol. The van der Waals surface area contributed by atoms with Crippen LogP contribution in [0.3, 0.4) is 0 Å². The molecule has 0 radical (unpaired) electrons. The molecule has 3 heterocycles. The molecule has 2 aromatic heterocycles. The van der Waals surface area contributed by atoms with Crippen molar-refractivity contribution in [1.29, 1.82) is 0 Å². The molecule has 33 heavy (non-hydrogen) atoms. The second kappa shape index (κ2) is 9.06. The highest BCUT2D eigenvalue weighted by atomic mass is 32.2. The summed E-state index contributed by atoms with van der Waals surface area (Å²) in [6.07, 6.45) is 0.785. The number of sulfone groups is 1. The molecule has 3 aromatic rings. The molecule has 174 valence electrons. The Morgan fingerprint density at radius 3 is 2.61 bits per heavy atom. The van der Waals surface area contributed by atoms with E-state index in [1.807, 2.05) is 0 Å². The minimum Gasteiger partial charge on any atom is -0.361 e. The number of aromatic nitrogens is 2. The summed E-state index contributed by atoms with van der Waals surface area (Å²) in [5, 5.41) is 6.39. The monoisotopic (exact) mass is 488 g/mol. The van der Waals surface area contributed by atoms with Crippen molar-refractivity contribution in [1.82, 2.24) is 15.0 Å². The van der Waals surface area contributed by atoms with Crippen LogP contribution < -0.4 is 5.32 Å². The third kappa shape index (κ3) is 4.98. The molecule has 1 aromatic carbocycles. The second-order valence-corrected chi connectivity index (χ2v) is 11.7. The number of hydrogen-bond donors (Lipinski definition) is 1. The fraction of sp³-hybridized carbons (Fsp3) is 0.364. The third-order valence-corrected chi connectivity index (χ3v) is 8.56. The number of rotatable bonds is 6. The molecule has 0 fully saturated rings. The lowest BCUT2D eigenvalue weighted by Gasteiger charge is -2.26. The summed E-state index contributed by atoms with van der Waals surface area (Å²) in [6, 6.07) is 8.04. The number of thiazole rings is 1. The Bertz CT molecular complexity index is 1290. The van der Waals surface area contributed by atoms with E-state index in [9.17, 15) is 18.0 Å². The molecule has 11 heteroatoms. The van der Waals surface area contributed by atoms with E-state index in [1.165, 1.54) is 11.3 Å². The molecule has 0 unspecified atom stereocenters. The quantitative estimate of drug-likeness (QED) is 0.566. The number of hydrogen-bond acceptors (Lipinski definition) is 8. The summed E-state index contributed by atoms with van der Waals surface area (Å²) in [5.74, 6) is 0.106. The first-order valence-corrected chi connectivity index (χ1v) is 12.8. The van der Waals surface area contributed by atoms with Gasteiger partial charge in [0.25, 0.3) is 5.91 Å². The van der Waals surface area contributed by atoms with Gasteiger partial charge in [-0.3, -0.25) is 14.9 Å². The normalized spacial score (nSPS) is 13.8. The molecule has 2 amide bonds. The van der Waals surface area contributed by atoms with E-state index in [0.29, 0.717) is 30.4 Å². The Morgan fingerprint density at radius 1 is 1.24 bits per heavy atom. The van der Waals surface area contributed by atoms with Gasteiger partial charge in [0, 0.05) is 23.9 Å². The minimum atomic E-state index is -3.34. The maximum absolute atomic E-state index is 12.8. The van der Waals surface area contributed by atoms with Crippen molar-refractivity contribution in [3.05, 3.63) is 57.9 Å². The molecule has 0 bridgehead atoms. The first kappa shape index (κ1) is 23.1. The van der Waals surface area contributed by atoms with E-state index in [2.05, 4.69) is 15.5 Å². The Balaban J connectivity index is 1.38. The standard InChI is InChI=1S/C22H24N4O5S2/c1-13(2)33(29,30)16-6-4-15(5-7-16)11-20(27)26-9-8-17-19(12-26)32-22(23-17)24-21(28)18-10-14(3)31-25-18/h4-7,10,13H,8-9,11-12H2,1-3H3,(H,23,24,28). The van der Waals surface area contributed by atoms with Crippen molar-refractivity contribution in [3.8, 4) is 0 Å². The molecule has 1 N–H and O–H groups in total. The van der Waals surface area contributed by atoms with Crippen LogP contribution in [-0.4, -0.2) is 47.1 Å². The van der Waals surface area contributed by atoms with Crippen LogP contribution >= 0.6 is 11.3 Å². The molecule has 0 aliphatic carbocycles. The zero-order valence-electron chi connectivity index (χ0n) is 18.5. The van der Waals surface area contributed by atoms with Gasteiger partial charge in [0.05, 0.1) is 28.8 Å². The van der Waals surface area contributed by atoms with Crippen LogP contribution in [0.15, 0.2) is 39.8 Å². The van der Waals surface area contributed by atoms with Crippen molar-refractivity contribution in [2.45, 2.75) is 50.3 Å².